The molecule has 0 saturated carbocycles. The number of hydrogen-bond acceptors (Lipinski definition) is 4. The van der Waals surface area contributed by atoms with Gasteiger partial charge in [0.05, 0.1) is 17.7 Å². The van der Waals surface area contributed by atoms with E-state index in [0.29, 0.717) is 11.3 Å². The molecule has 0 fully saturated rings. The van der Waals surface area contributed by atoms with E-state index in [9.17, 15) is 17.6 Å². The van der Waals surface area contributed by atoms with E-state index in [1.807, 2.05) is 0 Å². The number of sulfonamides is 1. The fourth-order valence-electron chi connectivity index (χ4n) is 2.73. The second kappa shape index (κ2) is 8.32. The number of halogens is 1. The summed E-state index contributed by atoms with van der Waals surface area (Å²) in [6, 6.07) is 16.4. The van der Waals surface area contributed by atoms with E-state index < -0.39 is 21.7 Å². The number of rotatable bonds is 6. The van der Waals surface area contributed by atoms with Gasteiger partial charge in [-0.25, -0.2) is 12.8 Å². The van der Waals surface area contributed by atoms with Crippen molar-refractivity contribution in [2.24, 2.45) is 0 Å². The first kappa shape index (κ1) is 20.3. The van der Waals surface area contributed by atoms with Crippen molar-refractivity contribution in [2.75, 3.05) is 17.1 Å². The Balaban J connectivity index is 1.90. The fourth-order valence-corrected chi connectivity index (χ4v) is 4.07. The number of nitrogens with one attached hydrogen (secondary N) is 2. The summed E-state index contributed by atoms with van der Waals surface area (Å²) in [4.78, 5) is 12.5. The number of benzene rings is 3. The Bertz CT molecular complexity index is 1160. The van der Waals surface area contributed by atoms with E-state index in [1.54, 1.807) is 31.2 Å². The summed E-state index contributed by atoms with van der Waals surface area (Å²) >= 11 is 0. The van der Waals surface area contributed by atoms with Crippen LogP contribution in [0.5, 0.6) is 5.75 Å². The lowest BCUT2D eigenvalue weighted by Gasteiger charge is -2.14. The largest absolute Gasteiger partial charge is 0.495 e. The van der Waals surface area contributed by atoms with Crippen molar-refractivity contribution in [1.82, 2.24) is 0 Å². The third kappa shape index (κ3) is 4.72. The topological polar surface area (TPSA) is 84.5 Å². The Hall–Kier alpha value is -3.39. The molecule has 0 bridgehead atoms. The van der Waals surface area contributed by atoms with Crippen molar-refractivity contribution in [3.05, 3.63) is 83.7 Å². The van der Waals surface area contributed by atoms with Crippen LogP contribution in [0.2, 0.25) is 0 Å². The zero-order valence-corrected chi connectivity index (χ0v) is 16.6. The highest BCUT2D eigenvalue weighted by molar-refractivity contribution is 7.92. The summed E-state index contributed by atoms with van der Waals surface area (Å²) in [6.45, 7) is 1.63. The normalized spacial score (nSPS) is 11.0. The minimum atomic E-state index is -3.98. The van der Waals surface area contributed by atoms with E-state index in [0.717, 1.165) is 0 Å². The number of amides is 1. The molecule has 2 N–H and O–H groups in total. The molecule has 0 radical (unpaired) electrons. The lowest BCUT2D eigenvalue weighted by atomic mass is 10.1. The standard InChI is InChI=1S/C21H19FN2O4S/c1-14-10-11-15(21(25)23-17-7-5-6-16(22)13-17)12-20(14)29(26,27)24-18-8-3-4-9-19(18)28-2/h3-13,24H,1-2H3,(H,23,25). The van der Waals surface area contributed by atoms with E-state index in [-0.39, 0.29) is 21.8 Å². The summed E-state index contributed by atoms with van der Waals surface area (Å²) in [5.41, 5.74) is 1.14. The highest BCUT2D eigenvalue weighted by Gasteiger charge is 2.21. The van der Waals surface area contributed by atoms with Gasteiger partial charge in [-0.05, 0) is 55.0 Å². The molecule has 0 aliphatic heterocycles. The van der Waals surface area contributed by atoms with Gasteiger partial charge in [-0.2, -0.15) is 0 Å². The number of aryl methyl sites for hydroxylation is 1. The number of carbonyl (C=O) groups excluding carboxylic acids is 1. The van der Waals surface area contributed by atoms with Crippen LogP contribution in [-0.4, -0.2) is 21.4 Å². The molecule has 6 nitrogen and oxygen atoms in total. The number of methoxy groups -OCH3 is 1. The van der Waals surface area contributed by atoms with Crippen LogP contribution in [0, 0.1) is 12.7 Å². The third-order valence-electron chi connectivity index (χ3n) is 4.17. The first-order valence-corrected chi connectivity index (χ1v) is 10.1. The quantitative estimate of drug-likeness (QED) is 0.633. The van der Waals surface area contributed by atoms with Crippen LogP contribution in [0.25, 0.3) is 0 Å². The zero-order valence-electron chi connectivity index (χ0n) is 15.8. The van der Waals surface area contributed by atoms with Gasteiger partial charge in [0.25, 0.3) is 15.9 Å². The zero-order chi connectivity index (χ0) is 21.0. The van der Waals surface area contributed by atoms with Gasteiger partial charge < -0.3 is 10.1 Å². The van der Waals surface area contributed by atoms with Crippen molar-refractivity contribution < 1.29 is 22.3 Å². The van der Waals surface area contributed by atoms with E-state index in [1.165, 1.54) is 49.6 Å². The van der Waals surface area contributed by atoms with Crippen LogP contribution in [0.15, 0.2) is 71.6 Å². The molecular formula is C21H19FN2O4S. The summed E-state index contributed by atoms with van der Waals surface area (Å²) in [5.74, 6) is -0.672. The van der Waals surface area contributed by atoms with Gasteiger partial charge in [0.2, 0.25) is 0 Å². The van der Waals surface area contributed by atoms with E-state index in [4.69, 9.17) is 4.74 Å². The summed E-state index contributed by atoms with van der Waals surface area (Å²) < 4.78 is 46.8. The minimum Gasteiger partial charge on any atom is -0.495 e. The van der Waals surface area contributed by atoms with Gasteiger partial charge in [0, 0.05) is 11.3 Å². The highest BCUT2D eigenvalue weighted by atomic mass is 32.2. The fraction of sp³-hybridized carbons (Fsp3) is 0.0952. The molecule has 0 unspecified atom stereocenters. The molecule has 0 spiro atoms. The van der Waals surface area contributed by atoms with Gasteiger partial charge in [0.1, 0.15) is 11.6 Å². The first-order chi connectivity index (χ1) is 13.8. The second-order valence-corrected chi connectivity index (χ2v) is 7.90. The van der Waals surface area contributed by atoms with Crippen molar-refractivity contribution in [2.45, 2.75) is 11.8 Å². The minimum absolute atomic E-state index is 0.0460. The molecular weight excluding hydrogens is 395 g/mol. The maximum Gasteiger partial charge on any atom is 0.262 e. The molecule has 0 aliphatic carbocycles. The van der Waals surface area contributed by atoms with Gasteiger partial charge in [-0.15, -0.1) is 0 Å². The number of hydrogen-bond donors (Lipinski definition) is 2. The summed E-state index contributed by atoms with van der Waals surface area (Å²) in [7, 11) is -2.54. The molecule has 29 heavy (non-hydrogen) atoms. The molecule has 0 aliphatic rings. The summed E-state index contributed by atoms with van der Waals surface area (Å²) in [6.07, 6.45) is 0. The molecule has 3 rings (SSSR count). The van der Waals surface area contributed by atoms with Crippen LogP contribution >= 0.6 is 0 Å². The molecule has 3 aromatic rings. The van der Waals surface area contributed by atoms with Gasteiger partial charge in [0.15, 0.2) is 0 Å². The molecule has 150 valence electrons. The van der Waals surface area contributed by atoms with Crippen LogP contribution in [0.3, 0.4) is 0 Å². The lowest BCUT2D eigenvalue weighted by Crippen LogP contribution is -2.17. The van der Waals surface area contributed by atoms with E-state index in [2.05, 4.69) is 10.0 Å². The van der Waals surface area contributed by atoms with Crippen molar-refractivity contribution in [3.8, 4) is 5.75 Å². The maximum absolute atomic E-state index is 13.3. The van der Waals surface area contributed by atoms with Crippen LogP contribution in [-0.2, 0) is 10.0 Å². The monoisotopic (exact) mass is 414 g/mol. The number of para-hydroxylation sites is 2. The third-order valence-corrected chi connectivity index (χ3v) is 5.68. The number of ether oxygens (including phenoxy) is 1. The van der Waals surface area contributed by atoms with Gasteiger partial charge >= 0.3 is 0 Å². The Kier molecular flexibility index (Phi) is 5.84. The molecule has 8 heteroatoms. The lowest BCUT2D eigenvalue weighted by molar-refractivity contribution is 0.102. The molecule has 1 amide bonds. The second-order valence-electron chi connectivity index (χ2n) is 6.25. The smallest absolute Gasteiger partial charge is 0.262 e. The van der Waals surface area contributed by atoms with E-state index >= 15 is 0 Å². The van der Waals surface area contributed by atoms with Gasteiger partial charge in [-0.1, -0.05) is 24.3 Å². The van der Waals surface area contributed by atoms with Crippen LogP contribution in [0.4, 0.5) is 15.8 Å². The SMILES string of the molecule is COc1ccccc1NS(=O)(=O)c1cc(C(=O)Nc2cccc(F)c2)ccc1C. The Morgan fingerprint density at radius 3 is 2.48 bits per heavy atom. The van der Waals surface area contributed by atoms with Crippen LogP contribution < -0.4 is 14.8 Å². The highest BCUT2D eigenvalue weighted by Crippen LogP contribution is 2.27. The predicted molar refractivity (Wildman–Crippen MR) is 109 cm³/mol. The molecule has 0 heterocycles. The average Bonchev–Trinajstić information content (AvgIpc) is 2.68. The number of carbonyl (C=O) groups is 1. The molecule has 0 saturated heterocycles. The first-order valence-electron chi connectivity index (χ1n) is 8.63. The average molecular weight is 414 g/mol. The Morgan fingerprint density at radius 1 is 1.00 bits per heavy atom. The maximum atomic E-state index is 13.3. The Morgan fingerprint density at radius 2 is 1.76 bits per heavy atom. The van der Waals surface area contributed by atoms with Gasteiger partial charge in [-0.3, -0.25) is 9.52 Å². The molecule has 0 atom stereocenters. The predicted octanol–water partition coefficient (Wildman–Crippen LogP) is 4.20. The van der Waals surface area contributed by atoms with Crippen molar-refractivity contribution >= 4 is 27.3 Å². The molecule has 3 aromatic carbocycles. The van der Waals surface area contributed by atoms with Crippen LogP contribution in [0.1, 0.15) is 15.9 Å². The molecule has 0 aromatic heterocycles. The number of anilines is 2. The summed E-state index contributed by atoms with van der Waals surface area (Å²) in [5, 5.41) is 2.55. The van der Waals surface area contributed by atoms with Crippen molar-refractivity contribution in [1.29, 1.82) is 0 Å². The van der Waals surface area contributed by atoms with Crippen molar-refractivity contribution in [3.63, 3.8) is 0 Å². The Labute approximate surface area is 168 Å².